The first-order valence-electron chi connectivity index (χ1n) is 5.21. The number of nitrogens with two attached hydrogens (primary N) is 1. The van der Waals surface area contributed by atoms with E-state index in [9.17, 15) is 4.39 Å². The highest BCUT2D eigenvalue weighted by Crippen LogP contribution is 2.36. The van der Waals surface area contributed by atoms with Gasteiger partial charge in [0.15, 0.2) is 5.82 Å². The van der Waals surface area contributed by atoms with Gasteiger partial charge in [-0.2, -0.15) is 0 Å². The predicted molar refractivity (Wildman–Crippen MR) is 71.0 cm³/mol. The van der Waals surface area contributed by atoms with Crippen LogP contribution in [0.15, 0.2) is 18.2 Å². The Kier molecular flexibility index (Phi) is 3.35. The summed E-state index contributed by atoms with van der Waals surface area (Å²) in [6, 6.07) is 4.83. The van der Waals surface area contributed by atoms with Gasteiger partial charge >= 0.3 is 0 Å². The van der Waals surface area contributed by atoms with Gasteiger partial charge in [-0.25, -0.2) is 9.37 Å². The molecule has 2 rings (SSSR count). The van der Waals surface area contributed by atoms with E-state index >= 15 is 0 Å². The molecule has 0 spiro atoms. The Labute approximate surface area is 108 Å². The lowest BCUT2D eigenvalue weighted by molar-refractivity contribution is 0.631. The molecule has 0 aliphatic rings. The summed E-state index contributed by atoms with van der Waals surface area (Å²) in [5.41, 5.74) is 6.72. The topological polar surface area (TPSA) is 38.9 Å². The zero-order chi connectivity index (χ0) is 12.6. The number of halogens is 2. The summed E-state index contributed by atoms with van der Waals surface area (Å²) in [7, 11) is 0. The number of nitrogen functional groups attached to an aromatic ring is 1. The van der Waals surface area contributed by atoms with Crippen LogP contribution in [0.3, 0.4) is 0 Å². The molecule has 0 saturated heterocycles. The minimum absolute atomic E-state index is 0.0843. The van der Waals surface area contributed by atoms with Crippen molar-refractivity contribution >= 4 is 27.9 Å². The van der Waals surface area contributed by atoms with Crippen molar-refractivity contribution in [3.63, 3.8) is 0 Å². The maximum Gasteiger partial charge on any atom is 0.151 e. The number of thiazole rings is 1. The maximum atomic E-state index is 13.9. The van der Waals surface area contributed by atoms with E-state index in [0.29, 0.717) is 16.3 Å². The highest BCUT2D eigenvalue weighted by Gasteiger charge is 2.17. The van der Waals surface area contributed by atoms with Gasteiger partial charge in [0.1, 0.15) is 10.7 Å². The van der Waals surface area contributed by atoms with Crippen LogP contribution in [0.25, 0.3) is 11.3 Å². The van der Waals surface area contributed by atoms with Gasteiger partial charge in [0.25, 0.3) is 0 Å². The smallest absolute Gasteiger partial charge is 0.151 e. The predicted octanol–water partition coefficient (Wildman–Crippen LogP) is 4.31. The molecule has 0 aliphatic carbocycles. The van der Waals surface area contributed by atoms with Crippen LogP contribution in [0.2, 0.25) is 5.02 Å². The molecule has 0 bridgehead atoms. The summed E-state index contributed by atoms with van der Waals surface area (Å²) in [5, 5.41) is 1.51. The number of hydrogen-bond acceptors (Lipinski definition) is 3. The lowest BCUT2D eigenvalue weighted by atomic mass is 10.1. The number of rotatable bonds is 2. The Balaban J connectivity index is 2.57. The normalized spacial score (nSPS) is 11.1. The second-order valence-electron chi connectivity index (χ2n) is 4.02. The van der Waals surface area contributed by atoms with Crippen LogP contribution in [-0.4, -0.2) is 4.98 Å². The third kappa shape index (κ3) is 2.28. The Morgan fingerprint density at radius 3 is 2.71 bits per heavy atom. The number of hydrogen-bond donors (Lipinski definition) is 1. The molecule has 0 radical (unpaired) electrons. The maximum absolute atomic E-state index is 13.9. The van der Waals surface area contributed by atoms with Crippen LogP contribution in [0.4, 0.5) is 9.39 Å². The van der Waals surface area contributed by atoms with Crippen LogP contribution in [-0.2, 0) is 0 Å². The van der Waals surface area contributed by atoms with E-state index in [2.05, 4.69) is 4.98 Å². The largest absolute Gasteiger partial charge is 0.389 e. The van der Waals surface area contributed by atoms with Crippen LogP contribution in [0.1, 0.15) is 24.8 Å². The number of aromatic nitrogens is 1. The molecule has 5 heteroatoms. The van der Waals surface area contributed by atoms with E-state index in [1.54, 1.807) is 12.1 Å². The lowest BCUT2D eigenvalue weighted by Crippen LogP contribution is -1.91. The second-order valence-corrected chi connectivity index (χ2v) is 5.49. The van der Waals surface area contributed by atoms with Gasteiger partial charge in [0.05, 0.1) is 10.0 Å². The quantitative estimate of drug-likeness (QED) is 0.883. The molecule has 90 valence electrons. The number of nitrogens with zero attached hydrogens (tertiary/aromatic N) is 1. The molecule has 0 amide bonds. The molecule has 2 nitrogen and oxygen atoms in total. The average molecular weight is 271 g/mol. The van der Waals surface area contributed by atoms with Gasteiger partial charge in [0, 0.05) is 11.5 Å². The molecule has 1 heterocycles. The first-order valence-corrected chi connectivity index (χ1v) is 6.40. The zero-order valence-corrected chi connectivity index (χ0v) is 11.1. The van der Waals surface area contributed by atoms with Crippen molar-refractivity contribution in [1.29, 1.82) is 0 Å². The molecule has 0 saturated carbocycles. The number of anilines is 1. The van der Waals surface area contributed by atoms with Crippen LogP contribution < -0.4 is 5.73 Å². The zero-order valence-electron chi connectivity index (χ0n) is 9.50. The van der Waals surface area contributed by atoms with Gasteiger partial charge in [-0.15, -0.1) is 11.3 Å². The fraction of sp³-hybridized carbons (Fsp3) is 0.250. The van der Waals surface area contributed by atoms with Crippen molar-refractivity contribution < 1.29 is 4.39 Å². The standard InChI is InChI=1S/C12H12ClFN2S/c1-6(2)12-16-10(11(15)17-12)7-4-3-5-8(13)9(7)14/h3-6H,15H2,1-2H3. The van der Waals surface area contributed by atoms with E-state index in [1.807, 2.05) is 13.8 Å². The van der Waals surface area contributed by atoms with Crippen molar-refractivity contribution in [3.8, 4) is 11.3 Å². The Hall–Kier alpha value is -1.13. The molecule has 1 aromatic heterocycles. The Morgan fingerprint density at radius 2 is 2.12 bits per heavy atom. The van der Waals surface area contributed by atoms with Gasteiger partial charge in [-0.1, -0.05) is 31.5 Å². The van der Waals surface area contributed by atoms with Crippen molar-refractivity contribution in [2.24, 2.45) is 0 Å². The van der Waals surface area contributed by atoms with Crippen LogP contribution in [0, 0.1) is 5.82 Å². The molecule has 17 heavy (non-hydrogen) atoms. The van der Waals surface area contributed by atoms with Crippen molar-refractivity contribution in [3.05, 3.63) is 34.0 Å². The fourth-order valence-electron chi connectivity index (χ4n) is 1.48. The van der Waals surface area contributed by atoms with Gasteiger partial charge in [-0.3, -0.25) is 0 Å². The molecule has 2 N–H and O–H groups in total. The molecular weight excluding hydrogens is 259 g/mol. The summed E-state index contributed by atoms with van der Waals surface area (Å²) < 4.78 is 13.9. The highest BCUT2D eigenvalue weighted by molar-refractivity contribution is 7.16. The Bertz CT molecular complexity index is 551. The monoisotopic (exact) mass is 270 g/mol. The third-order valence-electron chi connectivity index (χ3n) is 2.37. The minimum atomic E-state index is -0.471. The van der Waals surface area contributed by atoms with E-state index < -0.39 is 5.82 Å². The van der Waals surface area contributed by atoms with E-state index in [1.165, 1.54) is 17.4 Å². The van der Waals surface area contributed by atoms with Gasteiger partial charge < -0.3 is 5.73 Å². The summed E-state index contributed by atoms with van der Waals surface area (Å²) in [6.45, 7) is 4.05. The molecule has 0 unspecified atom stereocenters. The fourth-order valence-corrected chi connectivity index (χ4v) is 2.50. The van der Waals surface area contributed by atoms with Crippen molar-refractivity contribution in [1.82, 2.24) is 4.98 Å². The third-order valence-corrected chi connectivity index (χ3v) is 3.85. The van der Waals surface area contributed by atoms with E-state index in [-0.39, 0.29) is 10.9 Å². The highest BCUT2D eigenvalue weighted by atomic mass is 35.5. The molecule has 0 fully saturated rings. The molecule has 1 aromatic carbocycles. The molecule has 0 atom stereocenters. The molecule has 0 aliphatic heterocycles. The first-order chi connectivity index (χ1) is 8.00. The van der Waals surface area contributed by atoms with E-state index in [4.69, 9.17) is 17.3 Å². The average Bonchev–Trinajstić information content (AvgIpc) is 2.65. The second kappa shape index (κ2) is 4.63. The molecule has 2 aromatic rings. The van der Waals surface area contributed by atoms with E-state index in [0.717, 1.165) is 5.01 Å². The lowest BCUT2D eigenvalue weighted by Gasteiger charge is -2.02. The minimum Gasteiger partial charge on any atom is -0.389 e. The van der Waals surface area contributed by atoms with Crippen LogP contribution >= 0.6 is 22.9 Å². The Morgan fingerprint density at radius 1 is 1.41 bits per heavy atom. The summed E-state index contributed by atoms with van der Waals surface area (Å²) in [5.74, 6) is -0.195. The van der Waals surface area contributed by atoms with Crippen molar-refractivity contribution in [2.45, 2.75) is 19.8 Å². The molecular formula is C12H12ClFN2S. The van der Waals surface area contributed by atoms with Gasteiger partial charge in [0.2, 0.25) is 0 Å². The van der Waals surface area contributed by atoms with Crippen molar-refractivity contribution in [2.75, 3.05) is 5.73 Å². The van der Waals surface area contributed by atoms with Crippen LogP contribution in [0.5, 0.6) is 0 Å². The number of benzene rings is 1. The summed E-state index contributed by atoms with van der Waals surface area (Å²) in [4.78, 5) is 4.38. The first kappa shape index (κ1) is 12.3. The summed E-state index contributed by atoms with van der Waals surface area (Å²) in [6.07, 6.45) is 0. The SMILES string of the molecule is CC(C)c1nc(-c2cccc(Cl)c2F)c(N)s1. The summed E-state index contributed by atoms with van der Waals surface area (Å²) >= 11 is 7.13. The van der Waals surface area contributed by atoms with Gasteiger partial charge in [-0.05, 0) is 12.1 Å².